The molecule has 0 unspecified atom stereocenters. The minimum absolute atomic E-state index is 0.00508. The number of halogens is 1. The molecule has 2 aromatic rings. The second-order valence-corrected chi connectivity index (χ2v) is 6.00. The van der Waals surface area contributed by atoms with Crippen molar-refractivity contribution in [1.29, 1.82) is 0 Å². The molecular weight excluding hydrogens is 393 g/mol. The van der Waals surface area contributed by atoms with Crippen LogP contribution in [0, 0.1) is 10.5 Å². The Hall–Kier alpha value is -1.76. The van der Waals surface area contributed by atoms with Gasteiger partial charge in [0, 0.05) is 3.57 Å². The van der Waals surface area contributed by atoms with E-state index in [2.05, 4.69) is 27.9 Å². The molecule has 2 aromatic carbocycles. The van der Waals surface area contributed by atoms with E-state index < -0.39 is 0 Å². The summed E-state index contributed by atoms with van der Waals surface area (Å²) in [5.41, 5.74) is 1.19. The van der Waals surface area contributed by atoms with Crippen molar-refractivity contribution in [2.75, 3.05) is 19.8 Å². The van der Waals surface area contributed by atoms with Crippen molar-refractivity contribution in [2.24, 2.45) is 0 Å². The topological polar surface area (TPSA) is 47.6 Å². The molecule has 116 valence electrons. The summed E-state index contributed by atoms with van der Waals surface area (Å²) < 4.78 is 12.1. The number of aryl methyl sites for hydroxylation is 1. The predicted molar refractivity (Wildman–Crippen MR) is 94.3 cm³/mol. The predicted octanol–water partition coefficient (Wildman–Crippen LogP) is 3.17. The van der Waals surface area contributed by atoms with E-state index in [-0.39, 0.29) is 12.5 Å². The van der Waals surface area contributed by atoms with Gasteiger partial charge in [-0.3, -0.25) is 4.79 Å². The highest BCUT2D eigenvalue weighted by Gasteiger charge is 2.02. The average Bonchev–Trinajstić information content (AvgIpc) is 2.53. The van der Waals surface area contributed by atoms with Crippen LogP contribution in [0.3, 0.4) is 0 Å². The summed E-state index contributed by atoms with van der Waals surface area (Å²) in [5, 5.41) is 2.76. The van der Waals surface area contributed by atoms with Gasteiger partial charge in [0.1, 0.15) is 18.1 Å². The fourth-order valence-corrected chi connectivity index (χ4v) is 2.08. The first-order chi connectivity index (χ1) is 10.6. The Morgan fingerprint density at radius 3 is 2.27 bits per heavy atom. The van der Waals surface area contributed by atoms with Gasteiger partial charge in [-0.25, -0.2) is 0 Å². The molecule has 22 heavy (non-hydrogen) atoms. The lowest BCUT2D eigenvalue weighted by Crippen LogP contribution is -2.32. The summed E-state index contributed by atoms with van der Waals surface area (Å²) in [6.07, 6.45) is 0. The summed E-state index contributed by atoms with van der Waals surface area (Å²) in [5.74, 6) is 1.33. The van der Waals surface area contributed by atoms with Crippen LogP contribution in [0.25, 0.3) is 0 Å². The number of carbonyl (C=O) groups is 1. The quantitative estimate of drug-likeness (QED) is 0.563. The highest BCUT2D eigenvalue weighted by Crippen LogP contribution is 2.13. The van der Waals surface area contributed by atoms with Gasteiger partial charge in [-0.2, -0.15) is 0 Å². The summed E-state index contributed by atoms with van der Waals surface area (Å²) >= 11 is 2.22. The molecule has 0 aromatic heterocycles. The number of hydrogen-bond donors (Lipinski definition) is 1. The molecule has 1 amide bonds. The monoisotopic (exact) mass is 411 g/mol. The van der Waals surface area contributed by atoms with Crippen LogP contribution in [0.4, 0.5) is 0 Å². The summed E-state index contributed by atoms with van der Waals surface area (Å²) in [4.78, 5) is 11.6. The third-order valence-corrected chi connectivity index (χ3v) is 3.62. The lowest BCUT2D eigenvalue weighted by molar-refractivity contribution is -0.123. The first-order valence-corrected chi connectivity index (χ1v) is 8.06. The molecule has 4 nitrogen and oxygen atoms in total. The normalized spacial score (nSPS) is 10.1. The van der Waals surface area contributed by atoms with Crippen molar-refractivity contribution in [3.05, 3.63) is 57.7 Å². The molecule has 0 saturated carbocycles. The van der Waals surface area contributed by atoms with Crippen LogP contribution in [-0.4, -0.2) is 25.7 Å². The molecule has 0 aliphatic rings. The van der Waals surface area contributed by atoms with Gasteiger partial charge >= 0.3 is 0 Å². The first-order valence-electron chi connectivity index (χ1n) is 6.98. The maximum absolute atomic E-state index is 11.6. The Balaban J connectivity index is 1.61. The van der Waals surface area contributed by atoms with Crippen molar-refractivity contribution in [2.45, 2.75) is 6.92 Å². The van der Waals surface area contributed by atoms with E-state index in [9.17, 15) is 4.79 Å². The van der Waals surface area contributed by atoms with Crippen molar-refractivity contribution >= 4 is 28.5 Å². The van der Waals surface area contributed by atoms with Gasteiger partial charge in [-0.1, -0.05) is 17.7 Å². The molecule has 0 saturated heterocycles. The number of carbonyl (C=O) groups excluding carboxylic acids is 1. The Morgan fingerprint density at radius 2 is 1.59 bits per heavy atom. The van der Waals surface area contributed by atoms with Crippen LogP contribution in [0.2, 0.25) is 0 Å². The molecule has 0 bridgehead atoms. The van der Waals surface area contributed by atoms with Gasteiger partial charge in [0.25, 0.3) is 5.91 Å². The third-order valence-electron chi connectivity index (χ3n) is 2.90. The van der Waals surface area contributed by atoms with Gasteiger partial charge in [0.2, 0.25) is 0 Å². The smallest absolute Gasteiger partial charge is 0.258 e. The summed E-state index contributed by atoms with van der Waals surface area (Å²) in [6, 6.07) is 15.4. The number of amides is 1. The molecule has 0 radical (unpaired) electrons. The molecule has 0 atom stereocenters. The Bertz CT molecular complexity index is 596. The number of benzene rings is 2. The van der Waals surface area contributed by atoms with Crippen LogP contribution in [0.15, 0.2) is 48.5 Å². The number of hydrogen-bond acceptors (Lipinski definition) is 3. The fraction of sp³-hybridized carbons (Fsp3) is 0.235. The van der Waals surface area contributed by atoms with Crippen molar-refractivity contribution in [3.8, 4) is 11.5 Å². The van der Waals surface area contributed by atoms with E-state index in [4.69, 9.17) is 9.47 Å². The van der Waals surface area contributed by atoms with Crippen LogP contribution in [0.1, 0.15) is 5.56 Å². The average molecular weight is 411 g/mol. The highest BCUT2D eigenvalue weighted by atomic mass is 127. The third kappa shape index (κ3) is 5.93. The van der Waals surface area contributed by atoms with Crippen LogP contribution >= 0.6 is 22.6 Å². The second-order valence-electron chi connectivity index (χ2n) is 4.75. The SMILES string of the molecule is Cc1ccc(OCCNC(=O)COc2ccc(I)cc2)cc1. The Morgan fingerprint density at radius 1 is 1.00 bits per heavy atom. The maximum Gasteiger partial charge on any atom is 0.258 e. The number of rotatable bonds is 7. The zero-order valence-corrected chi connectivity index (χ0v) is 14.5. The zero-order valence-electron chi connectivity index (χ0n) is 12.3. The summed E-state index contributed by atoms with van der Waals surface area (Å²) in [6.45, 7) is 2.91. The van der Waals surface area contributed by atoms with E-state index in [1.807, 2.05) is 55.5 Å². The molecule has 0 spiro atoms. The number of nitrogens with one attached hydrogen (secondary N) is 1. The lowest BCUT2D eigenvalue weighted by atomic mass is 10.2. The van der Waals surface area contributed by atoms with Gasteiger partial charge in [-0.05, 0) is 65.9 Å². The number of ether oxygens (including phenoxy) is 2. The second kappa shape index (κ2) is 8.63. The lowest BCUT2D eigenvalue weighted by Gasteiger charge is -2.09. The summed E-state index contributed by atoms with van der Waals surface area (Å²) in [7, 11) is 0. The maximum atomic E-state index is 11.6. The van der Waals surface area contributed by atoms with Crippen LogP contribution in [-0.2, 0) is 4.79 Å². The van der Waals surface area contributed by atoms with Crippen molar-refractivity contribution in [1.82, 2.24) is 5.32 Å². The van der Waals surface area contributed by atoms with E-state index in [1.165, 1.54) is 5.56 Å². The van der Waals surface area contributed by atoms with Gasteiger partial charge in [0.05, 0.1) is 6.54 Å². The van der Waals surface area contributed by atoms with E-state index in [1.54, 1.807) is 0 Å². The van der Waals surface area contributed by atoms with Gasteiger partial charge < -0.3 is 14.8 Å². The minimum atomic E-state index is -0.161. The molecule has 0 heterocycles. The Kier molecular flexibility index (Phi) is 6.51. The zero-order chi connectivity index (χ0) is 15.8. The van der Waals surface area contributed by atoms with E-state index in [0.717, 1.165) is 9.32 Å². The van der Waals surface area contributed by atoms with Gasteiger partial charge in [0.15, 0.2) is 6.61 Å². The molecule has 0 aliphatic carbocycles. The van der Waals surface area contributed by atoms with Gasteiger partial charge in [-0.15, -0.1) is 0 Å². The molecular formula is C17H18INO3. The molecule has 0 fully saturated rings. The first kappa shape index (κ1) is 16.6. The highest BCUT2D eigenvalue weighted by molar-refractivity contribution is 14.1. The van der Waals surface area contributed by atoms with Crippen LogP contribution in [0.5, 0.6) is 11.5 Å². The molecule has 2 rings (SSSR count). The standard InChI is InChI=1S/C17H18INO3/c1-13-2-6-15(7-3-13)21-11-10-19-17(20)12-22-16-8-4-14(18)5-9-16/h2-9H,10-12H2,1H3,(H,19,20). The largest absolute Gasteiger partial charge is 0.492 e. The van der Waals surface area contributed by atoms with E-state index >= 15 is 0 Å². The molecule has 0 aliphatic heterocycles. The fourth-order valence-electron chi connectivity index (χ4n) is 1.72. The Labute approximate surface area is 144 Å². The van der Waals surface area contributed by atoms with E-state index in [0.29, 0.717) is 18.9 Å². The minimum Gasteiger partial charge on any atom is -0.492 e. The van der Waals surface area contributed by atoms with Crippen molar-refractivity contribution < 1.29 is 14.3 Å². The molecule has 1 N–H and O–H groups in total. The van der Waals surface area contributed by atoms with Crippen LogP contribution < -0.4 is 14.8 Å². The van der Waals surface area contributed by atoms with Crippen molar-refractivity contribution in [3.63, 3.8) is 0 Å². The molecule has 5 heteroatoms.